The van der Waals surface area contributed by atoms with Crippen LogP contribution >= 0.6 is 0 Å². The Bertz CT molecular complexity index is 842. The Hall–Kier alpha value is -2.96. The van der Waals surface area contributed by atoms with Gasteiger partial charge >= 0.3 is 6.36 Å². The lowest BCUT2D eigenvalue weighted by Gasteiger charge is -2.25. The summed E-state index contributed by atoms with van der Waals surface area (Å²) in [7, 11) is 0. The van der Waals surface area contributed by atoms with Crippen LogP contribution in [0.5, 0.6) is 5.75 Å². The van der Waals surface area contributed by atoms with Crippen LogP contribution in [-0.4, -0.2) is 11.5 Å². The Morgan fingerprint density at radius 1 is 1.12 bits per heavy atom. The van der Waals surface area contributed by atoms with E-state index in [1.165, 1.54) is 24.3 Å². The second kappa shape index (κ2) is 6.16. The van der Waals surface area contributed by atoms with Crippen molar-refractivity contribution in [1.29, 1.82) is 0 Å². The maximum atomic E-state index is 12.3. The SMILES string of the molecule is C=C1C=CC(c2c(C)noc2C)=CN1c1ccc(OC(F)(F)F)cc1. The molecule has 0 N–H and O–H groups in total. The predicted molar refractivity (Wildman–Crippen MR) is 87.8 cm³/mol. The van der Waals surface area contributed by atoms with Gasteiger partial charge in [0.05, 0.1) is 5.69 Å². The van der Waals surface area contributed by atoms with Crippen molar-refractivity contribution in [2.24, 2.45) is 0 Å². The van der Waals surface area contributed by atoms with Crippen molar-refractivity contribution in [2.75, 3.05) is 4.90 Å². The van der Waals surface area contributed by atoms with Crippen LogP contribution in [0, 0.1) is 13.8 Å². The molecular weight excluding hydrogens is 333 g/mol. The number of aryl methyl sites for hydroxylation is 2. The maximum absolute atomic E-state index is 12.3. The number of halogens is 3. The van der Waals surface area contributed by atoms with E-state index in [2.05, 4.69) is 16.5 Å². The minimum Gasteiger partial charge on any atom is -0.406 e. The molecular formula is C18H15F3N2O2. The highest BCUT2D eigenvalue weighted by atomic mass is 19.4. The number of hydrogen-bond donors (Lipinski definition) is 0. The van der Waals surface area contributed by atoms with Crippen LogP contribution in [0.25, 0.3) is 5.57 Å². The molecule has 2 heterocycles. The number of rotatable bonds is 3. The molecule has 0 radical (unpaired) electrons. The molecule has 0 fully saturated rings. The zero-order valence-electron chi connectivity index (χ0n) is 13.6. The Balaban J connectivity index is 1.91. The van der Waals surface area contributed by atoms with E-state index < -0.39 is 6.36 Å². The van der Waals surface area contributed by atoms with Crippen LogP contribution in [0.1, 0.15) is 17.0 Å². The van der Waals surface area contributed by atoms with E-state index in [9.17, 15) is 13.2 Å². The van der Waals surface area contributed by atoms with Gasteiger partial charge in [-0.05, 0) is 44.2 Å². The quantitative estimate of drug-likeness (QED) is 0.772. The second-order valence-electron chi connectivity index (χ2n) is 5.52. The van der Waals surface area contributed by atoms with Gasteiger partial charge in [-0.1, -0.05) is 17.8 Å². The van der Waals surface area contributed by atoms with E-state index in [0.29, 0.717) is 17.1 Å². The molecule has 0 amide bonds. The van der Waals surface area contributed by atoms with E-state index in [0.717, 1.165) is 16.8 Å². The summed E-state index contributed by atoms with van der Waals surface area (Å²) in [5.41, 5.74) is 3.85. The highest BCUT2D eigenvalue weighted by Gasteiger charge is 2.31. The van der Waals surface area contributed by atoms with Crippen LogP contribution in [0.3, 0.4) is 0 Å². The lowest BCUT2D eigenvalue weighted by atomic mass is 10.0. The van der Waals surface area contributed by atoms with Crippen molar-refractivity contribution >= 4 is 11.3 Å². The Kier molecular flexibility index (Phi) is 4.16. The Morgan fingerprint density at radius 3 is 2.36 bits per heavy atom. The first-order valence-corrected chi connectivity index (χ1v) is 7.42. The number of benzene rings is 1. The van der Waals surface area contributed by atoms with Gasteiger partial charge < -0.3 is 14.2 Å². The molecule has 1 aliphatic rings. The van der Waals surface area contributed by atoms with E-state index in [-0.39, 0.29) is 5.75 Å². The molecule has 0 bridgehead atoms. The van der Waals surface area contributed by atoms with E-state index in [1.807, 2.05) is 32.2 Å². The molecule has 1 aromatic carbocycles. The monoisotopic (exact) mass is 348 g/mol. The van der Waals surface area contributed by atoms with Crippen LogP contribution in [0.15, 0.2) is 59.4 Å². The van der Waals surface area contributed by atoms with Crippen molar-refractivity contribution < 1.29 is 22.4 Å². The van der Waals surface area contributed by atoms with Gasteiger partial charge in [-0.3, -0.25) is 0 Å². The maximum Gasteiger partial charge on any atom is 0.573 e. The Labute approximate surface area is 142 Å². The standard InChI is InChI=1S/C18H15F3N2O2/c1-11-4-5-14(17-12(2)22-25-13(17)3)10-23(11)15-6-8-16(9-7-15)24-18(19,20)21/h4-10H,1H2,2-3H3. The molecule has 4 nitrogen and oxygen atoms in total. The summed E-state index contributed by atoms with van der Waals surface area (Å²) in [5.74, 6) is 0.416. The molecule has 0 aliphatic carbocycles. The number of ether oxygens (including phenoxy) is 1. The van der Waals surface area contributed by atoms with E-state index in [4.69, 9.17) is 4.52 Å². The summed E-state index contributed by atoms with van der Waals surface area (Å²) in [6.45, 7) is 7.62. The van der Waals surface area contributed by atoms with Crippen molar-refractivity contribution in [3.8, 4) is 5.75 Å². The highest BCUT2D eigenvalue weighted by molar-refractivity contribution is 5.82. The zero-order chi connectivity index (χ0) is 18.2. The lowest BCUT2D eigenvalue weighted by Crippen LogP contribution is -2.18. The minimum absolute atomic E-state index is 0.274. The average Bonchev–Trinajstić information content (AvgIpc) is 2.86. The number of aromatic nitrogens is 1. The van der Waals surface area contributed by atoms with Crippen LogP contribution < -0.4 is 9.64 Å². The zero-order valence-corrected chi connectivity index (χ0v) is 13.6. The van der Waals surface area contributed by atoms with Gasteiger partial charge in [0.15, 0.2) is 0 Å². The first kappa shape index (κ1) is 16.9. The molecule has 130 valence electrons. The van der Waals surface area contributed by atoms with Crippen molar-refractivity contribution in [3.05, 3.63) is 71.9 Å². The van der Waals surface area contributed by atoms with Gasteiger partial charge in [0.1, 0.15) is 11.5 Å². The van der Waals surface area contributed by atoms with E-state index >= 15 is 0 Å². The normalized spacial score (nSPS) is 14.7. The molecule has 3 rings (SSSR count). The first-order chi connectivity index (χ1) is 11.7. The summed E-state index contributed by atoms with van der Waals surface area (Å²) in [6, 6.07) is 5.59. The molecule has 2 aromatic rings. The van der Waals surface area contributed by atoms with Gasteiger partial charge in [0, 0.05) is 28.7 Å². The van der Waals surface area contributed by atoms with Gasteiger partial charge in [0.2, 0.25) is 0 Å². The molecule has 0 unspecified atom stereocenters. The summed E-state index contributed by atoms with van der Waals surface area (Å²) < 4.78 is 45.9. The predicted octanol–water partition coefficient (Wildman–Crippen LogP) is 5.12. The fourth-order valence-corrected chi connectivity index (χ4v) is 2.62. The van der Waals surface area contributed by atoms with Gasteiger partial charge in [-0.2, -0.15) is 0 Å². The average molecular weight is 348 g/mol. The van der Waals surface area contributed by atoms with Gasteiger partial charge in [-0.25, -0.2) is 0 Å². The number of nitrogens with zero attached hydrogens (tertiary/aromatic N) is 2. The highest BCUT2D eigenvalue weighted by Crippen LogP contribution is 2.32. The molecule has 0 saturated heterocycles. The number of allylic oxidation sites excluding steroid dienone is 3. The van der Waals surface area contributed by atoms with Crippen molar-refractivity contribution in [3.63, 3.8) is 0 Å². The number of hydrogen-bond acceptors (Lipinski definition) is 4. The van der Waals surface area contributed by atoms with Crippen molar-refractivity contribution in [1.82, 2.24) is 5.16 Å². The molecule has 25 heavy (non-hydrogen) atoms. The molecule has 7 heteroatoms. The number of anilines is 1. The summed E-state index contributed by atoms with van der Waals surface area (Å²) in [5, 5.41) is 3.94. The van der Waals surface area contributed by atoms with Crippen LogP contribution in [-0.2, 0) is 0 Å². The number of alkyl halides is 3. The lowest BCUT2D eigenvalue weighted by molar-refractivity contribution is -0.274. The van der Waals surface area contributed by atoms with Gasteiger partial charge in [0.25, 0.3) is 0 Å². The molecule has 0 saturated carbocycles. The topological polar surface area (TPSA) is 38.5 Å². The fourth-order valence-electron chi connectivity index (χ4n) is 2.62. The third-order valence-electron chi connectivity index (χ3n) is 3.70. The van der Waals surface area contributed by atoms with Crippen LogP contribution in [0.4, 0.5) is 18.9 Å². The molecule has 1 aromatic heterocycles. The summed E-state index contributed by atoms with van der Waals surface area (Å²) in [4.78, 5) is 1.78. The smallest absolute Gasteiger partial charge is 0.406 e. The molecule has 1 aliphatic heterocycles. The van der Waals surface area contributed by atoms with E-state index in [1.54, 1.807) is 4.90 Å². The van der Waals surface area contributed by atoms with Crippen molar-refractivity contribution in [2.45, 2.75) is 20.2 Å². The summed E-state index contributed by atoms with van der Waals surface area (Å²) in [6.07, 6.45) is 0.845. The second-order valence-corrected chi connectivity index (χ2v) is 5.52. The molecule has 0 atom stereocenters. The Morgan fingerprint density at radius 2 is 1.80 bits per heavy atom. The van der Waals surface area contributed by atoms with Gasteiger partial charge in [-0.15, -0.1) is 13.2 Å². The fraction of sp³-hybridized carbons (Fsp3) is 0.167. The third-order valence-corrected chi connectivity index (χ3v) is 3.70. The largest absolute Gasteiger partial charge is 0.573 e. The third kappa shape index (κ3) is 3.60. The minimum atomic E-state index is -4.71. The first-order valence-electron chi connectivity index (χ1n) is 7.42. The molecule has 0 spiro atoms. The summed E-state index contributed by atoms with van der Waals surface area (Å²) >= 11 is 0. The van der Waals surface area contributed by atoms with Crippen LogP contribution in [0.2, 0.25) is 0 Å².